The number of aliphatic hydroxyl groups excluding tert-OH is 1. The van der Waals surface area contributed by atoms with Crippen molar-refractivity contribution in [2.24, 2.45) is 0 Å². The first-order valence-electron chi connectivity index (χ1n) is 5.77. The smallest absolute Gasteiger partial charge is 0.337 e. The number of aliphatic hydroxyl groups is 1. The minimum Gasteiger partial charge on any atom is -0.479 e. The Morgan fingerprint density at radius 3 is 2.35 bits per heavy atom. The molecule has 1 atom stereocenters. The van der Waals surface area contributed by atoms with E-state index in [1.54, 1.807) is 12.1 Å². The second-order valence-corrected chi connectivity index (χ2v) is 5.52. The van der Waals surface area contributed by atoms with E-state index in [2.05, 4.69) is 0 Å². The van der Waals surface area contributed by atoms with Crippen LogP contribution < -0.4 is 0 Å². The van der Waals surface area contributed by atoms with Gasteiger partial charge in [0.2, 0.25) is 0 Å². The molecule has 0 aromatic heterocycles. The molecule has 0 spiro atoms. The molecule has 1 aliphatic rings. The third-order valence-electron chi connectivity index (χ3n) is 3.18. The molecule has 1 saturated heterocycles. The van der Waals surface area contributed by atoms with Gasteiger partial charge in [0, 0.05) is 0 Å². The Labute approximate surface area is 105 Å². The monoisotopic (exact) mass is 252 g/mol. The third kappa shape index (κ3) is 3.01. The Balaban J connectivity index is 2.09. The number of rotatable bonds is 3. The summed E-state index contributed by atoms with van der Waals surface area (Å²) in [4.78, 5) is 10.6. The lowest BCUT2D eigenvalue weighted by Gasteiger charge is -2.22. The molecule has 0 radical (unpaired) electrons. The standard InChI is InChI=1S/C13H16O3S/c14-12(13(15)16)11-3-1-9(2-4-11)10-5-7-17-8-6-10/h1-4,10,12,14H,5-8H2,(H,15,16). The molecular formula is C13H16O3S. The lowest BCUT2D eigenvalue weighted by atomic mass is 9.92. The van der Waals surface area contributed by atoms with Crippen molar-refractivity contribution in [3.05, 3.63) is 35.4 Å². The van der Waals surface area contributed by atoms with Crippen LogP contribution in [0, 0.1) is 0 Å². The number of benzene rings is 1. The van der Waals surface area contributed by atoms with Crippen molar-refractivity contribution in [3.8, 4) is 0 Å². The summed E-state index contributed by atoms with van der Waals surface area (Å²) in [7, 11) is 0. The second-order valence-electron chi connectivity index (χ2n) is 4.29. The number of aliphatic carboxylic acids is 1. The fourth-order valence-corrected chi connectivity index (χ4v) is 3.23. The molecule has 1 aliphatic heterocycles. The van der Waals surface area contributed by atoms with E-state index in [0.717, 1.165) is 0 Å². The summed E-state index contributed by atoms with van der Waals surface area (Å²) in [6.07, 6.45) is 0.961. The van der Waals surface area contributed by atoms with E-state index >= 15 is 0 Å². The van der Waals surface area contributed by atoms with Gasteiger partial charge in [-0.1, -0.05) is 24.3 Å². The van der Waals surface area contributed by atoms with E-state index in [9.17, 15) is 9.90 Å². The Bertz CT molecular complexity index is 382. The van der Waals surface area contributed by atoms with E-state index in [1.165, 1.54) is 29.9 Å². The summed E-state index contributed by atoms with van der Waals surface area (Å²) in [5.74, 6) is 1.79. The molecule has 2 rings (SSSR count). The Morgan fingerprint density at radius 1 is 1.24 bits per heavy atom. The molecule has 0 aliphatic carbocycles. The number of hydrogen-bond acceptors (Lipinski definition) is 3. The quantitative estimate of drug-likeness (QED) is 0.867. The molecule has 2 N–H and O–H groups in total. The minimum absolute atomic E-state index is 0.450. The van der Waals surface area contributed by atoms with Gasteiger partial charge in [-0.05, 0) is 41.4 Å². The van der Waals surface area contributed by atoms with Gasteiger partial charge in [-0.2, -0.15) is 11.8 Å². The third-order valence-corrected chi connectivity index (χ3v) is 4.23. The van der Waals surface area contributed by atoms with Gasteiger partial charge in [-0.3, -0.25) is 0 Å². The van der Waals surface area contributed by atoms with Crippen molar-refractivity contribution in [1.29, 1.82) is 0 Å². The first kappa shape index (κ1) is 12.5. The molecule has 1 unspecified atom stereocenters. The van der Waals surface area contributed by atoms with Crippen molar-refractivity contribution in [3.63, 3.8) is 0 Å². The minimum atomic E-state index is -1.41. The first-order chi connectivity index (χ1) is 8.18. The molecule has 1 heterocycles. The lowest BCUT2D eigenvalue weighted by Crippen LogP contribution is -2.11. The number of carboxylic acid groups (broad SMARTS) is 1. The van der Waals surface area contributed by atoms with Crippen molar-refractivity contribution in [1.82, 2.24) is 0 Å². The molecule has 4 heteroatoms. The van der Waals surface area contributed by atoms with Gasteiger partial charge in [0.05, 0.1) is 0 Å². The average molecular weight is 252 g/mol. The van der Waals surface area contributed by atoms with Crippen LogP contribution in [0.2, 0.25) is 0 Å². The maximum absolute atomic E-state index is 10.6. The molecule has 1 aromatic carbocycles. The Morgan fingerprint density at radius 2 is 1.82 bits per heavy atom. The largest absolute Gasteiger partial charge is 0.479 e. The van der Waals surface area contributed by atoms with Crippen LogP contribution in [0.1, 0.15) is 36.0 Å². The van der Waals surface area contributed by atoms with Gasteiger partial charge in [0.15, 0.2) is 6.10 Å². The fraction of sp³-hybridized carbons (Fsp3) is 0.462. The predicted octanol–water partition coefficient (Wildman–Crippen LogP) is 2.42. The topological polar surface area (TPSA) is 57.5 Å². The van der Waals surface area contributed by atoms with Gasteiger partial charge in [0.25, 0.3) is 0 Å². The molecule has 1 aromatic rings. The van der Waals surface area contributed by atoms with E-state index in [4.69, 9.17) is 5.11 Å². The summed E-state index contributed by atoms with van der Waals surface area (Å²) in [5, 5.41) is 18.1. The van der Waals surface area contributed by atoms with Gasteiger partial charge >= 0.3 is 5.97 Å². The Hall–Kier alpha value is -1.00. The number of hydrogen-bond donors (Lipinski definition) is 2. The zero-order valence-corrected chi connectivity index (χ0v) is 10.3. The molecule has 0 saturated carbocycles. The molecule has 0 bridgehead atoms. The number of thioether (sulfide) groups is 1. The highest BCUT2D eigenvalue weighted by Crippen LogP contribution is 2.31. The van der Waals surface area contributed by atoms with Crippen LogP contribution in [0.4, 0.5) is 0 Å². The molecule has 1 fully saturated rings. The maximum Gasteiger partial charge on any atom is 0.337 e. The van der Waals surface area contributed by atoms with Crippen molar-refractivity contribution in [2.45, 2.75) is 24.9 Å². The van der Waals surface area contributed by atoms with Crippen molar-refractivity contribution < 1.29 is 15.0 Å². The van der Waals surface area contributed by atoms with Gasteiger partial charge in [-0.25, -0.2) is 4.79 Å². The van der Waals surface area contributed by atoms with Crippen LogP contribution in [0.3, 0.4) is 0 Å². The van der Waals surface area contributed by atoms with Gasteiger partial charge in [-0.15, -0.1) is 0 Å². The van der Waals surface area contributed by atoms with E-state index in [0.29, 0.717) is 11.5 Å². The summed E-state index contributed by atoms with van der Waals surface area (Å²) in [6.45, 7) is 0. The Kier molecular flexibility index (Phi) is 4.07. The number of carbonyl (C=O) groups is 1. The summed E-state index contributed by atoms with van der Waals surface area (Å²) in [6, 6.07) is 7.33. The van der Waals surface area contributed by atoms with E-state index in [-0.39, 0.29) is 0 Å². The zero-order valence-electron chi connectivity index (χ0n) is 9.50. The van der Waals surface area contributed by atoms with Crippen LogP contribution >= 0.6 is 11.8 Å². The normalized spacial score (nSPS) is 18.9. The van der Waals surface area contributed by atoms with Gasteiger partial charge in [0.1, 0.15) is 0 Å². The highest BCUT2D eigenvalue weighted by Gasteiger charge is 2.18. The summed E-state index contributed by atoms with van der Waals surface area (Å²) < 4.78 is 0. The molecule has 17 heavy (non-hydrogen) atoms. The lowest BCUT2D eigenvalue weighted by molar-refractivity contribution is -0.146. The average Bonchev–Trinajstić information content (AvgIpc) is 2.39. The molecular weight excluding hydrogens is 236 g/mol. The summed E-state index contributed by atoms with van der Waals surface area (Å²) >= 11 is 1.99. The van der Waals surface area contributed by atoms with Crippen LogP contribution in [0.25, 0.3) is 0 Å². The van der Waals surface area contributed by atoms with Crippen molar-refractivity contribution >= 4 is 17.7 Å². The number of carboxylic acids is 1. The molecule has 92 valence electrons. The van der Waals surface area contributed by atoms with Crippen LogP contribution in [0.15, 0.2) is 24.3 Å². The van der Waals surface area contributed by atoms with Crippen LogP contribution in [-0.2, 0) is 4.79 Å². The SMILES string of the molecule is O=C(O)C(O)c1ccc(C2CCSCC2)cc1. The highest BCUT2D eigenvalue weighted by atomic mass is 32.2. The zero-order chi connectivity index (χ0) is 12.3. The van der Waals surface area contributed by atoms with Crippen molar-refractivity contribution in [2.75, 3.05) is 11.5 Å². The second kappa shape index (κ2) is 5.56. The molecule has 0 amide bonds. The van der Waals surface area contributed by atoms with Crippen LogP contribution in [0.5, 0.6) is 0 Å². The first-order valence-corrected chi connectivity index (χ1v) is 6.92. The van der Waals surface area contributed by atoms with E-state index < -0.39 is 12.1 Å². The van der Waals surface area contributed by atoms with E-state index in [1.807, 2.05) is 23.9 Å². The highest BCUT2D eigenvalue weighted by molar-refractivity contribution is 7.99. The predicted molar refractivity (Wildman–Crippen MR) is 68.3 cm³/mol. The maximum atomic E-state index is 10.6. The molecule has 3 nitrogen and oxygen atoms in total. The summed E-state index contributed by atoms with van der Waals surface area (Å²) in [5.41, 5.74) is 1.71. The van der Waals surface area contributed by atoms with Gasteiger partial charge < -0.3 is 10.2 Å². The fourth-order valence-electron chi connectivity index (χ4n) is 2.12. The van der Waals surface area contributed by atoms with Crippen LogP contribution in [-0.4, -0.2) is 27.7 Å².